The van der Waals surface area contributed by atoms with E-state index in [0.29, 0.717) is 34.8 Å². The molecule has 4 aromatic rings. The van der Waals surface area contributed by atoms with E-state index in [0.717, 1.165) is 0 Å². The zero-order chi connectivity index (χ0) is 19.3. The third-order valence-electron chi connectivity index (χ3n) is 4.21. The Labute approximate surface area is 152 Å². The molecule has 0 aliphatic rings. The van der Waals surface area contributed by atoms with Crippen LogP contribution in [0, 0.1) is 13.8 Å². The molecule has 0 radical (unpaired) electrons. The van der Waals surface area contributed by atoms with Crippen molar-refractivity contribution in [3.8, 4) is 11.6 Å². The number of nitrogens with one attached hydrogen (secondary N) is 2. The molecule has 2 N–H and O–H groups in total. The van der Waals surface area contributed by atoms with Gasteiger partial charge in [-0.2, -0.15) is 19.3 Å². The molecule has 140 valence electrons. The monoisotopic (exact) mass is 370 g/mol. The molecule has 0 spiro atoms. The Kier molecular flexibility index (Phi) is 3.58. The van der Waals surface area contributed by atoms with Crippen LogP contribution in [0.5, 0.6) is 0 Å². The third-order valence-corrected chi connectivity index (χ3v) is 4.21. The number of hydrogen-bond acceptors (Lipinski definition) is 6. The van der Waals surface area contributed by atoms with Crippen LogP contribution in [0.25, 0.3) is 11.6 Å². The van der Waals surface area contributed by atoms with Gasteiger partial charge in [-0.25, -0.2) is 0 Å². The highest BCUT2D eigenvalue weighted by atomic mass is 16.4. The second-order valence-electron chi connectivity index (χ2n) is 6.87. The fraction of sp³-hybridized carbons (Fsp3) is 0.294. The largest absolute Gasteiger partial charge is 0.445 e. The van der Waals surface area contributed by atoms with E-state index in [4.69, 9.17) is 8.83 Å². The summed E-state index contributed by atoms with van der Waals surface area (Å²) in [6, 6.07) is 2.94. The summed E-state index contributed by atoms with van der Waals surface area (Å²) in [5, 5.41) is 5.80. The van der Waals surface area contributed by atoms with Crippen LogP contribution in [-0.4, -0.2) is 29.5 Å². The Morgan fingerprint density at radius 1 is 0.852 bits per heavy atom. The molecular formula is C17H18N6O4. The van der Waals surface area contributed by atoms with E-state index in [1.807, 2.05) is 13.8 Å². The molecule has 0 aliphatic heterocycles. The molecule has 4 heterocycles. The molecule has 0 aliphatic carbocycles. The van der Waals surface area contributed by atoms with E-state index < -0.39 is 5.41 Å². The smallest absolute Gasteiger partial charge is 0.272 e. The fourth-order valence-electron chi connectivity index (χ4n) is 2.77. The minimum Gasteiger partial charge on any atom is -0.445 e. The van der Waals surface area contributed by atoms with Gasteiger partial charge in [-0.1, -0.05) is 0 Å². The molecule has 0 bridgehead atoms. The van der Waals surface area contributed by atoms with Crippen molar-refractivity contribution in [1.29, 1.82) is 0 Å². The van der Waals surface area contributed by atoms with Crippen molar-refractivity contribution in [2.45, 2.75) is 33.1 Å². The maximum Gasteiger partial charge on any atom is 0.272 e. The summed E-state index contributed by atoms with van der Waals surface area (Å²) in [5.74, 6) is 1.30. The molecule has 0 unspecified atom stereocenters. The molecule has 4 rings (SSSR count). The predicted octanol–water partition coefficient (Wildman–Crippen LogP) is 1.56. The lowest BCUT2D eigenvalue weighted by molar-refractivity contribution is 0.341. The van der Waals surface area contributed by atoms with Gasteiger partial charge in [-0.15, -0.1) is 0 Å². The second-order valence-corrected chi connectivity index (χ2v) is 6.87. The Morgan fingerprint density at radius 2 is 1.26 bits per heavy atom. The molecule has 0 saturated carbocycles. The number of aromatic nitrogens is 6. The van der Waals surface area contributed by atoms with Gasteiger partial charge >= 0.3 is 0 Å². The number of aryl methyl sites for hydroxylation is 2. The molecule has 0 amide bonds. The maximum atomic E-state index is 11.9. The maximum absolute atomic E-state index is 11.9. The Bertz CT molecular complexity index is 1130. The fourth-order valence-corrected chi connectivity index (χ4v) is 2.77. The number of oxazole rings is 2. The van der Waals surface area contributed by atoms with Crippen molar-refractivity contribution >= 4 is 0 Å². The highest BCUT2D eigenvalue weighted by Crippen LogP contribution is 2.31. The van der Waals surface area contributed by atoms with Crippen LogP contribution in [0.2, 0.25) is 0 Å². The predicted molar refractivity (Wildman–Crippen MR) is 94.5 cm³/mol. The number of nitrogens with zero attached hydrogens (tertiary/aromatic N) is 4. The third kappa shape index (κ3) is 2.75. The Balaban J connectivity index is 1.70. The van der Waals surface area contributed by atoms with Crippen molar-refractivity contribution < 1.29 is 8.83 Å². The molecule has 0 atom stereocenters. The SMILES string of the molecule is Cc1cc(=O)n(-c2coc(C(C)(C)c3nc(-n4[nH]c(C)cc4=O)co3)n2)[nH]1. The van der Waals surface area contributed by atoms with E-state index in [-0.39, 0.29) is 11.1 Å². The molecule has 10 nitrogen and oxygen atoms in total. The van der Waals surface area contributed by atoms with Gasteiger partial charge in [-0.3, -0.25) is 19.8 Å². The number of H-pyrrole nitrogens is 2. The Morgan fingerprint density at radius 3 is 1.59 bits per heavy atom. The number of hydrogen-bond donors (Lipinski definition) is 2. The molecule has 27 heavy (non-hydrogen) atoms. The standard InChI is InChI=1S/C17H18N6O4/c1-9-5-13(24)22(20-9)11-7-26-15(18-11)17(3,4)16-19-12(8-27-16)23-14(25)6-10(2)21-23/h5-8,20-21H,1-4H3. The van der Waals surface area contributed by atoms with Crippen molar-refractivity contribution in [1.82, 2.24) is 29.5 Å². The number of rotatable bonds is 4. The first-order chi connectivity index (χ1) is 12.8. The van der Waals surface area contributed by atoms with Gasteiger partial charge < -0.3 is 8.83 Å². The number of aromatic amines is 2. The van der Waals surface area contributed by atoms with Gasteiger partial charge in [0.15, 0.2) is 11.6 Å². The summed E-state index contributed by atoms with van der Waals surface area (Å²) < 4.78 is 13.7. The van der Waals surface area contributed by atoms with Crippen molar-refractivity contribution in [2.24, 2.45) is 0 Å². The zero-order valence-electron chi connectivity index (χ0n) is 15.2. The van der Waals surface area contributed by atoms with Crippen LogP contribution < -0.4 is 11.1 Å². The summed E-state index contributed by atoms with van der Waals surface area (Å²) >= 11 is 0. The van der Waals surface area contributed by atoms with Gasteiger partial charge in [0.2, 0.25) is 11.8 Å². The Hall–Kier alpha value is -3.56. The van der Waals surface area contributed by atoms with Gasteiger partial charge in [0.05, 0.1) is 0 Å². The van der Waals surface area contributed by atoms with Crippen molar-refractivity contribution in [3.05, 3.63) is 68.5 Å². The van der Waals surface area contributed by atoms with Gasteiger partial charge in [-0.05, 0) is 27.7 Å². The molecule has 0 aromatic carbocycles. The molecule has 0 fully saturated rings. The summed E-state index contributed by atoms with van der Waals surface area (Å²) in [6.45, 7) is 7.20. The first-order valence-corrected chi connectivity index (χ1v) is 8.26. The zero-order valence-corrected chi connectivity index (χ0v) is 15.2. The molecular weight excluding hydrogens is 352 g/mol. The van der Waals surface area contributed by atoms with Crippen LogP contribution in [0.15, 0.2) is 43.1 Å². The van der Waals surface area contributed by atoms with E-state index in [1.165, 1.54) is 34.0 Å². The normalized spacial score (nSPS) is 12.0. The first-order valence-electron chi connectivity index (χ1n) is 8.26. The van der Waals surface area contributed by atoms with Crippen LogP contribution in [0.4, 0.5) is 0 Å². The van der Waals surface area contributed by atoms with Crippen LogP contribution in [0.3, 0.4) is 0 Å². The molecule has 0 saturated heterocycles. The molecule has 10 heteroatoms. The first kappa shape index (κ1) is 16.9. The minimum atomic E-state index is -0.826. The summed E-state index contributed by atoms with van der Waals surface area (Å²) in [5.41, 5.74) is 0.142. The minimum absolute atomic E-state index is 0.231. The summed E-state index contributed by atoms with van der Waals surface area (Å²) in [6.07, 6.45) is 2.77. The summed E-state index contributed by atoms with van der Waals surface area (Å²) in [7, 11) is 0. The lowest BCUT2D eigenvalue weighted by Gasteiger charge is -2.15. The van der Waals surface area contributed by atoms with Gasteiger partial charge in [0, 0.05) is 23.5 Å². The lowest BCUT2D eigenvalue weighted by atomic mass is 9.93. The second kappa shape index (κ2) is 5.73. The van der Waals surface area contributed by atoms with E-state index in [2.05, 4.69) is 20.2 Å². The average molecular weight is 370 g/mol. The lowest BCUT2D eigenvalue weighted by Crippen LogP contribution is -2.21. The summed E-state index contributed by atoms with van der Waals surface area (Å²) in [4.78, 5) is 32.7. The van der Waals surface area contributed by atoms with Crippen LogP contribution in [0.1, 0.15) is 37.0 Å². The van der Waals surface area contributed by atoms with Crippen molar-refractivity contribution in [3.63, 3.8) is 0 Å². The van der Waals surface area contributed by atoms with E-state index in [1.54, 1.807) is 13.8 Å². The topological polar surface area (TPSA) is 128 Å². The van der Waals surface area contributed by atoms with E-state index >= 15 is 0 Å². The van der Waals surface area contributed by atoms with Crippen LogP contribution >= 0.6 is 0 Å². The highest BCUT2D eigenvalue weighted by Gasteiger charge is 2.34. The highest BCUT2D eigenvalue weighted by molar-refractivity contribution is 5.26. The van der Waals surface area contributed by atoms with Gasteiger partial charge in [0.25, 0.3) is 11.1 Å². The van der Waals surface area contributed by atoms with E-state index in [9.17, 15) is 9.59 Å². The van der Waals surface area contributed by atoms with Crippen molar-refractivity contribution in [2.75, 3.05) is 0 Å². The van der Waals surface area contributed by atoms with Gasteiger partial charge in [0.1, 0.15) is 17.9 Å². The van der Waals surface area contributed by atoms with Crippen LogP contribution in [-0.2, 0) is 5.41 Å². The molecule has 4 aromatic heterocycles. The quantitative estimate of drug-likeness (QED) is 0.561. The average Bonchev–Trinajstić information content (AvgIpc) is 3.34.